The van der Waals surface area contributed by atoms with Gasteiger partial charge in [-0.3, -0.25) is 4.79 Å². The number of alkyl halides is 3. The van der Waals surface area contributed by atoms with Gasteiger partial charge in [-0.25, -0.2) is 0 Å². The number of rotatable bonds is 2. The Morgan fingerprint density at radius 2 is 1.65 bits per heavy atom. The molecule has 0 aliphatic rings. The summed E-state index contributed by atoms with van der Waals surface area (Å²) >= 11 is 0. The van der Waals surface area contributed by atoms with E-state index >= 15 is 0 Å². The van der Waals surface area contributed by atoms with Crippen molar-refractivity contribution >= 4 is 5.91 Å². The molecule has 0 spiro atoms. The second-order valence-electron chi connectivity index (χ2n) is 4.46. The van der Waals surface area contributed by atoms with Gasteiger partial charge in [-0.1, -0.05) is 35.9 Å². The molecular weight excluding hydrogens is 267 g/mol. The molecular formula is C15H12F3NO. The minimum Gasteiger partial charge on any atom is -0.366 e. The van der Waals surface area contributed by atoms with Gasteiger partial charge in [0.05, 0.1) is 5.56 Å². The van der Waals surface area contributed by atoms with Crippen molar-refractivity contribution in [3.63, 3.8) is 0 Å². The van der Waals surface area contributed by atoms with Crippen LogP contribution in [0.15, 0.2) is 42.5 Å². The Balaban J connectivity index is 2.76. The van der Waals surface area contributed by atoms with Gasteiger partial charge in [0.2, 0.25) is 5.91 Å². The lowest BCUT2D eigenvalue weighted by Gasteiger charge is -2.16. The zero-order valence-electron chi connectivity index (χ0n) is 10.7. The number of primary amides is 1. The lowest BCUT2D eigenvalue weighted by Crippen LogP contribution is -2.16. The van der Waals surface area contributed by atoms with Crippen molar-refractivity contribution in [3.05, 3.63) is 59.2 Å². The lowest BCUT2D eigenvalue weighted by atomic mass is 9.93. The summed E-state index contributed by atoms with van der Waals surface area (Å²) in [4.78, 5) is 11.4. The molecule has 0 aliphatic heterocycles. The third kappa shape index (κ3) is 2.66. The molecule has 2 nitrogen and oxygen atoms in total. The van der Waals surface area contributed by atoms with Crippen molar-refractivity contribution in [2.75, 3.05) is 0 Å². The third-order valence-corrected chi connectivity index (χ3v) is 2.98. The summed E-state index contributed by atoms with van der Waals surface area (Å²) in [7, 11) is 0. The predicted octanol–water partition coefficient (Wildman–Crippen LogP) is 3.78. The van der Waals surface area contributed by atoms with E-state index in [4.69, 9.17) is 5.73 Å². The molecule has 2 aromatic carbocycles. The highest BCUT2D eigenvalue weighted by atomic mass is 19.4. The van der Waals surface area contributed by atoms with E-state index in [-0.39, 0.29) is 11.1 Å². The molecule has 2 rings (SSSR count). The van der Waals surface area contributed by atoms with E-state index < -0.39 is 17.6 Å². The summed E-state index contributed by atoms with van der Waals surface area (Å²) in [5, 5.41) is 0. The van der Waals surface area contributed by atoms with Crippen LogP contribution < -0.4 is 5.73 Å². The predicted molar refractivity (Wildman–Crippen MR) is 70.1 cm³/mol. The molecule has 1 amide bonds. The average Bonchev–Trinajstić information content (AvgIpc) is 2.37. The van der Waals surface area contributed by atoms with Gasteiger partial charge in [0, 0.05) is 11.1 Å². The van der Waals surface area contributed by atoms with Gasteiger partial charge >= 0.3 is 6.18 Å². The second-order valence-corrected chi connectivity index (χ2v) is 4.46. The summed E-state index contributed by atoms with van der Waals surface area (Å²) in [5.74, 6) is -0.883. The molecule has 0 bridgehead atoms. The average molecular weight is 279 g/mol. The van der Waals surface area contributed by atoms with Gasteiger partial charge in [0.1, 0.15) is 0 Å². The van der Waals surface area contributed by atoms with E-state index in [0.29, 0.717) is 5.56 Å². The van der Waals surface area contributed by atoms with Crippen LogP contribution in [0.2, 0.25) is 0 Å². The topological polar surface area (TPSA) is 43.1 Å². The van der Waals surface area contributed by atoms with Gasteiger partial charge in [-0.15, -0.1) is 0 Å². The van der Waals surface area contributed by atoms with Crippen molar-refractivity contribution in [1.82, 2.24) is 0 Å². The van der Waals surface area contributed by atoms with E-state index in [2.05, 4.69) is 0 Å². The van der Waals surface area contributed by atoms with E-state index in [1.165, 1.54) is 12.1 Å². The minimum atomic E-state index is -4.55. The Labute approximate surface area is 114 Å². The lowest BCUT2D eigenvalue weighted by molar-refractivity contribution is -0.137. The first-order valence-electron chi connectivity index (χ1n) is 5.88. The molecule has 0 radical (unpaired) electrons. The molecule has 0 fully saturated rings. The molecule has 104 valence electrons. The fourth-order valence-corrected chi connectivity index (χ4v) is 2.03. The van der Waals surface area contributed by atoms with Crippen LogP contribution in [-0.2, 0) is 6.18 Å². The molecule has 2 aromatic rings. The molecule has 0 saturated heterocycles. The fraction of sp³-hybridized carbons (Fsp3) is 0.133. The van der Waals surface area contributed by atoms with Crippen LogP contribution in [-0.4, -0.2) is 5.91 Å². The Bertz CT molecular complexity index is 645. The first-order chi connectivity index (χ1) is 9.30. The normalized spacial score (nSPS) is 11.4. The second kappa shape index (κ2) is 5.00. The molecule has 5 heteroatoms. The highest BCUT2D eigenvalue weighted by Crippen LogP contribution is 2.38. The largest absolute Gasteiger partial charge is 0.417 e. The van der Waals surface area contributed by atoms with Gasteiger partial charge in [-0.2, -0.15) is 13.2 Å². The van der Waals surface area contributed by atoms with Gasteiger partial charge in [0.25, 0.3) is 0 Å². The number of benzene rings is 2. The zero-order chi connectivity index (χ0) is 14.9. The van der Waals surface area contributed by atoms with E-state index in [9.17, 15) is 18.0 Å². The third-order valence-electron chi connectivity index (χ3n) is 2.98. The molecule has 0 aromatic heterocycles. The van der Waals surface area contributed by atoms with Crippen LogP contribution in [0.5, 0.6) is 0 Å². The van der Waals surface area contributed by atoms with Crippen molar-refractivity contribution in [2.24, 2.45) is 5.73 Å². The van der Waals surface area contributed by atoms with Crippen LogP contribution in [0.25, 0.3) is 11.1 Å². The van der Waals surface area contributed by atoms with Crippen molar-refractivity contribution in [2.45, 2.75) is 13.1 Å². The van der Waals surface area contributed by atoms with E-state index in [0.717, 1.165) is 11.6 Å². The number of aryl methyl sites for hydroxylation is 1. The van der Waals surface area contributed by atoms with Gasteiger partial charge < -0.3 is 5.73 Å². The quantitative estimate of drug-likeness (QED) is 0.893. The van der Waals surface area contributed by atoms with Crippen molar-refractivity contribution in [1.29, 1.82) is 0 Å². The maximum absolute atomic E-state index is 13.1. The number of hydrogen-bond acceptors (Lipinski definition) is 1. The summed E-state index contributed by atoms with van der Waals surface area (Å²) in [6, 6.07) is 9.90. The van der Waals surface area contributed by atoms with Crippen molar-refractivity contribution < 1.29 is 18.0 Å². The summed E-state index contributed by atoms with van der Waals surface area (Å²) in [6.45, 7) is 1.83. The molecule has 2 N–H and O–H groups in total. The minimum absolute atomic E-state index is 0.135. The number of carbonyl (C=O) groups is 1. The Morgan fingerprint density at radius 3 is 2.15 bits per heavy atom. The monoisotopic (exact) mass is 279 g/mol. The maximum Gasteiger partial charge on any atom is 0.417 e. The number of carbonyl (C=O) groups excluding carboxylic acids is 1. The van der Waals surface area contributed by atoms with Crippen LogP contribution >= 0.6 is 0 Å². The molecule has 0 unspecified atom stereocenters. The zero-order valence-corrected chi connectivity index (χ0v) is 10.7. The highest BCUT2D eigenvalue weighted by Gasteiger charge is 2.35. The number of halogens is 3. The smallest absolute Gasteiger partial charge is 0.366 e. The van der Waals surface area contributed by atoms with Crippen LogP contribution in [0, 0.1) is 6.92 Å². The summed E-state index contributed by atoms with van der Waals surface area (Å²) in [5.41, 5.74) is 5.25. The van der Waals surface area contributed by atoms with Crippen LogP contribution in [0.1, 0.15) is 21.5 Å². The Morgan fingerprint density at radius 1 is 1.05 bits per heavy atom. The number of hydrogen-bond donors (Lipinski definition) is 1. The Hall–Kier alpha value is -2.30. The Kier molecular flexibility index (Phi) is 3.53. The SMILES string of the molecule is Cc1ccc(-c2c(C(N)=O)cccc2C(F)(F)F)cc1. The van der Waals surface area contributed by atoms with Crippen molar-refractivity contribution in [3.8, 4) is 11.1 Å². The fourth-order valence-electron chi connectivity index (χ4n) is 2.03. The van der Waals surface area contributed by atoms with Crippen LogP contribution in [0.3, 0.4) is 0 Å². The maximum atomic E-state index is 13.1. The molecule has 0 heterocycles. The molecule has 0 atom stereocenters. The molecule has 0 aliphatic carbocycles. The first-order valence-corrected chi connectivity index (χ1v) is 5.88. The van der Waals surface area contributed by atoms with E-state index in [1.54, 1.807) is 24.3 Å². The molecule has 20 heavy (non-hydrogen) atoms. The summed E-state index contributed by atoms with van der Waals surface area (Å²) in [6.07, 6.45) is -4.55. The van der Waals surface area contributed by atoms with Gasteiger partial charge in [0.15, 0.2) is 0 Å². The van der Waals surface area contributed by atoms with Gasteiger partial charge in [-0.05, 0) is 24.6 Å². The van der Waals surface area contributed by atoms with E-state index in [1.807, 2.05) is 6.92 Å². The first kappa shape index (κ1) is 14.1. The summed E-state index contributed by atoms with van der Waals surface area (Å²) < 4.78 is 39.3. The number of nitrogens with two attached hydrogens (primary N) is 1. The van der Waals surface area contributed by atoms with Crippen LogP contribution in [0.4, 0.5) is 13.2 Å². The molecule has 0 saturated carbocycles. The highest BCUT2D eigenvalue weighted by molar-refractivity contribution is 6.00. The number of amides is 1. The standard InChI is InChI=1S/C15H12F3NO/c1-9-5-7-10(8-6-9)13-11(14(19)20)3-2-4-12(13)15(16,17)18/h2-8H,1H3,(H2,19,20).